The van der Waals surface area contributed by atoms with Crippen LogP contribution in [0, 0.1) is 0 Å². The highest BCUT2D eigenvalue weighted by atomic mass is 16.5. The van der Waals surface area contributed by atoms with E-state index in [0.29, 0.717) is 5.69 Å². The van der Waals surface area contributed by atoms with Crippen molar-refractivity contribution < 1.29 is 18.8 Å². The number of nitrogens with zero attached hydrogens (tertiary/aromatic N) is 3. The lowest BCUT2D eigenvalue weighted by atomic mass is 10.3. The topological polar surface area (TPSA) is 99.3 Å². The largest absolute Gasteiger partial charge is 0.464 e. The van der Waals surface area contributed by atoms with Gasteiger partial charge in [0.15, 0.2) is 11.5 Å². The minimum absolute atomic E-state index is 0.0293. The maximum absolute atomic E-state index is 12.4. The van der Waals surface area contributed by atoms with Gasteiger partial charge in [-0.15, -0.1) is 0 Å². The van der Waals surface area contributed by atoms with Crippen LogP contribution in [0.15, 0.2) is 53.3 Å². The minimum atomic E-state index is -0.629. The molecule has 23 heavy (non-hydrogen) atoms. The summed E-state index contributed by atoms with van der Waals surface area (Å²) in [6.45, 7) is 0. The van der Waals surface area contributed by atoms with Crippen LogP contribution in [0.4, 0.5) is 5.82 Å². The minimum Gasteiger partial charge on any atom is -0.464 e. The van der Waals surface area contributed by atoms with E-state index < -0.39 is 11.9 Å². The Morgan fingerprint density at radius 1 is 1.22 bits per heavy atom. The van der Waals surface area contributed by atoms with E-state index in [1.165, 1.54) is 30.2 Å². The van der Waals surface area contributed by atoms with Gasteiger partial charge in [0.25, 0.3) is 5.91 Å². The lowest BCUT2D eigenvalue weighted by molar-refractivity contribution is 0.0593. The first-order valence-electron chi connectivity index (χ1n) is 6.64. The van der Waals surface area contributed by atoms with Gasteiger partial charge in [0, 0.05) is 12.1 Å². The molecule has 2 heterocycles. The molecule has 1 N–H and O–H groups in total. The number of anilines is 1. The summed E-state index contributed by atoms with van der Waals surface area (Å²) in [6.07, 6.45) is 1.34. The van der Waals surface area contributed by atoms with Crippen LogP contribution in [0.25, 0.3) is 5.69 Å². The summed E-state index contributed by atoms with van der Waals surface area (Å²) in [5, 5.41) is 10.3. The third-order valence-electron chi connectivity index (χ3n) is 3.02. The maximum Gasteiger partial charge on any atom is 0.358 e. The van der Waals surface area contributed by atoms with Crippen LogP contribution in [0.5, 0.6) is 0 Å². The number of nitrogens with one attached hydrogen (secondary N) is 1. The summed E-state index contributed by atoms with van der Waals surface area (Å²) in [5.41, 5.74) is 0.828. The molecule has 0 bridgehead atoms. The zero-order valence-electron chi connectivity index (χ0n) is 12.1. The fourth-order valence-corrected chi connectivity index (χ4v) is 1.97. The van der Waals surface area contributed by atoms with Crippen LogP contribution in [-0.4, -0.2) is 33.9 Å². The quantitative estimate of drug-likeness (QED) is 0.739. The van der Waals surface area contributed by atoms with Crippen LogP contribution in [-0.2, 0) is 4.74 Å². The molecule has 0 unspecified atom stereocenters. The number of carbonyl (C=O) groups excluding carboxylic acids is 2. The van der Waals surface area contributed by atoms with Crippen molar-refractivity contribution in [2.24, 2.45) is 0 Å². The first-order valence-corrected chi connectivity index (χ1v) is 6.64. The third-order valence-corrected chi connectivity index (χ3v) is 3.02. The Morgan fingerprint density at radius 2 is 2.00 bits per heavy atom. The van der Waals surface area contributed by atoms with Gasteiger partial charge in [0.1, 0.15) is 12.0 Å². The molecule has 116 valence electrons. The second-order valence-corrected chi connectivity index (χ2v) is 4.49. The highest BCUT2D eigenvalue weighted by molar-refractivity contribution is 6.04. The Morgan fingerprint density at radius 3 is 2.65 bits per heavy atom. The van der Waals surface area contributed by atoms with Crippen LogP contribution >= 0.6 is 0 Å². The molecule has 1 amide bonds. The number of methoxy groups -OCH3 is 1. The summed E-state index contributed by atoms with van der Waals surface area (Å²) in [7, 11) is 1.25. The Labute approximate surface area is 130 Å². The number of esters is 1. The number of para-hydroxylation sites is 1. The molecule has 0 spiro atoms. The molecule has 0 saturated heterocycles. The monoisotopic (exact) mass is 312 g/mol. The van der Waals surface area contributed by atoms with E-state index in [9.17, 15) is 9.59 Å². The first kappa shape index (κ1) is 14.5. The third kappa shape index (κ3) is 2.95. The highest BCUT2D eigenvalue weighted by Crippen LogP contribution is 2.15. The van der Waals surface area contributed by atoms with Gasteiger partial charge < -0.3 is 14.6 Å². The number of aromatic nitrogens is 3. The fraction of sp³-hybridized carbons (Fsp3) is 0.0667. The SMILES string of the molecule is COC(=O)c1cc(C(=O)Nc2ccon2)n(-c2ccccc2)n1. The molecule has 0 aliphatic carbocycles. The molecule has 2 aromatic heterocycles. The number of amides is 1. The van der Waals surface area contributed by atoms with E-state index in [2.05, 4.69) is 24.8 Å². The molecule has 8 nitrogen and oxygen atoms in total. The summed E-state index contributed by atoms with van der Waals surface area (Å²) >= 11 is 0. The molecule has 3 rings (SSSR count). The zero-order chi connectivity index (χ0) is 16.2. The van der Waals surface area contributed by atoms with Crippen molar-refractivity contribution >= 4 is 17.7 Å². The van der Waals surface area contributed by atoms with E-state index in [1.807, 2.05) is 6.07 Å². The van der Waals surface area contributed by atoms with E-state index in [-0.39, 0.29) is 17.2 Å². The van der Waals surface area contributed by atoms with Gasteiger partial charge in [0.05, 0.1) is 12.8 Å². The number of benzene rings is 1. The number of hydrogen-bond donors (Lipinski definition) is 1. The summed E-state index contributed by atoms with van der Waals surface area (Å²) in [5.74, 6) is -0.851. The average Bonchev–Trinajstić information content (AvgIpc) is 3.24. The van der Waals surface area contributed by atoms with Crippen molar-refractivity contribution in [1.29, 1.82) is 0 Å². The van der Waals surface area contributed by atoms with Crippen molar-refractivity contribution in [1.82, 2.24) is 14.9 Å². The van der Waals surface area contributed by atoms with Crippen molar-refractivity contribution in [3.63, 3.8) is 0 Å². The molecule has 0 radical (unpaired) electrons. The Balaban J connectivity index is 2.01. The number of rotatable bonds is 4. The maximum atomic E-state index is 12.4. The number of hydrogen-bond acceptors (Lipinski definition) is 6. The summed E-state index contributed by atoms with van der Waals surface area (Å²) in [6, 6.07) is 11.8. The van der Waals surface area contributed by atoms with Gasteiger partial charge in [0.2, 0.25) is 0 Å². The molecule has 0 saturated carbocycles. The Bertz CT molecular complexity index is 825. The first-order chi connectivity index (χ1) is 11.2. The van der Waals surface area contributed by atoms with Crippen LogP contribution in [0.1, 0.15) is 21.0 Å². The van der Waals surface area contributed by atoms with Gasteiger partial charge >= 0.3 is 5.97 Å². The molecule has 0 fully saturated rings. The molecule has 0 aliphatic rings. The Kier molecular flexibility index (Phi) is 3.88. The number of ether oxygens (including phenoxy) is 1. The molecule has 8 heteroatoms. The van der Waals surface area contributed by atoms with Crippen molar-refractivity contribution in [3.8, 4) is 5.69 Å². The van der Waals surface area contributed by atoms with Crippen molar-refractivity contribution in [2.75, 3.05) is 12.4 Å². The molecular formula is C15H12N4O4. The molecule has 0 aliphatic heterocycles. The molecule has 0 atom stereocenters. The van der Waals surface area contributed by atoms with Crippen LogP contribution < -0.4 is 5.32 Å². The second kappa shape index (κ2) is 6.14. The predicted octanol–water partition coefficient (Wildman–Crippen LogP) is 1.90. The smallest absolute Gasteiger partial charge is 0.358 e. The van der Waals surface area contributed by atoms with E-state index >= 15 is 0 Å². The molecule has 1 aromatic carbocycles. The summed E-state index contributed by atoms with van der Waals surface area (Å²) < 4.78 is 10.7. The average molecular weight is 312 g/mol. The highest BCUT2D eigenvalue weighted by Gasteiger charge is 2.21. The lowest BCUT2D eigenvalue weighted by Gasteiger charge is -2.06. The predicted molar refractivity (Wildman–Crippen MR) is 79.4 cm³/mol. The van der Waals surface area contributed by atoms with E-state index in [4.69, 9.17) is 0 Å². The zero-order valence-corrected chi connectivity index (χ0v) is 12.1. The summed E-state index contributed by atoms with van der Waals surface area (Å²) in [4.78, 5) is 24.1. The lowest BCUT2D eigenvalue weighted by Crippen LogP contribution is -2.17. The standard InChI is InChI=1S/C15H12N4O4/c1-22-15(21)11-9-12(14(20)16-13-7-8-23-18-13)19(17-11)10-5-3-2-4-6-10/h2-9H,1H3,(H,16,18,20). The molecule has 3 aromatic rings. The van der Waals surface area contributed by atoms with Gasteiger partial charge in [-0.2, -0.15) is 5.10 Å². The van der Waals surface area contributed by atoms with Crippen molar-refractivity contribution in [3.05, 3.63) is 60.1 Å². The van der Waals surface area contributed by atoms with E-state index in [0.717, 1.165) is 0 Å². The van der Waals surface area contributed by atoms with Gasteiger partial charge in [-0.25, -0.2) is 9.48 Å². The normalized spacial score (nSPS) is 10.3. The van der Waals surface area contributed by atoms with E-state index in [1.54, 1.807) is 24.3 Å². The van der Waals surface area contributed by atoms with Gasteiger partial charge in [-0.1, -0.05) is 23.4 Å². The van der Waals surface area contributed by atoms with Crippen molar-refractivity contribution in [2.45, 2.75) is 0 Å². The van der Waals surface area contributed by atoms with Crippen LogP contribution in [0.2, 0.25) is 0 Å². The Hall–Kier alpha value is -3.42. The second-order valence-electron chi connectivity index (χ2n) is 4.49. The van der Waals surface area contributed by atoms with Gasteiger partial charge in [-0.05, 0) is 12.1 Å². The fourth-order valence-electron chi connectivity index (χ4n) is 1.97. The molecular weight excluding hydrogens is 300 g/mol. The van der Waals surface area contributed by atoms with Gasteiger partial charge in [-0.3, -0.25) is 4.79 Å². The van der Waals surface area contributed by atoms with Crippen LogP contribution in [0.3, 0.4) is 0 Å². The number of carbonyl (C=O) groups is 2.